The Bertz CT molecular complexity index is 740. The summed E-state index contributed by atoms with van der Waals surface area (Å²) in [5, 5.41) is 13.7. The first kappa shape index (κ1) is 14.1. The van der Waals surface area contributed by atoms with E-state index in [0.717, 1.165) is 27.3 Å². The minimum Gasteiger partial charge on any atom is -0.447 e. The van der Waals surface area contributed by atoms with E-state index in [-0.39, 0.29) is 4.75 Å². The first-order valence-electron chi connectivity index (χ1n) is 6.03. The van der Waals surface area contributed by atoms with Crippen molar-refractivity contribution in [2.24, 2.45) is 0 Å². The summed E-state index contributed by atoms with van der Waals surface area (Å²) in [5.74, 6) is 2.39. The maximum Gasteiger partial charge on any atom is 0.235 e. The van der Waals surface area contributed by atoms with Gasteiger partial charge in [0.25, 0.3) is 0 Å². The number of furan rings is 1. The predicted octanol–water partition coefficient (Wildman–Crippen LogP) is 4.24. The molecule has 0 aromatic carbocycles. The molecule has 3 aromatic heterocycles. The quantitative estimate of drug-likeness (QED) is 0.687. The van der Waals surface area contributed by atoms with E-state index in [4.69, 9.17) is 4.42 Å². The second kappa shape index (κ2) is 5.16. The molecule has 8 heteroatoms. The van der Waals surface area contributed by atoms with Crippen molar-refractivity contribution in [2.75, 3.05) is 0 Å². The van der Waals surface area contributed by atoms with Gasteiger partial charge in [0.1, 0.15) is 0 Å². The van der Waals surface area contributed by atoms with Gasteiger partial charge < -0.3 is 4.42 Å². The summed E-state index contributed by atoms with van der Waals surface area (Å²) in [6, 6.07) is 3.74. The fraction of sp³-hybridized carbons (Fsp3) is 0.417. The average molecular weight is 373 g/mol. The van der Waals surface area contributed by atoms with Crippen molar-refractivity contribution in [3.8, 4) is 10.8 Å². The van der Waals surface area contributed by atoms with Gasteiger partial charge in [0.05, 0.1) is 5.75 Å². The van der Waals surface area contributed by atoms with Crippen molar-refractivity contribution in [2.45, 2.75) is 31.3 Å². The zero-order chi connectivity index (χ0) is 14.3. The van der Waals surface area contributed by atoms with Gasteiger partial charge in [0.2, 0.25) is 4.96 Å². The molecule has 5 nitrogen and oxygen atoms in total. The normalized spacial score (nSPS) is 12.4. The summed E-state index contributed by atoms with van der Waals surface area (Å²) in [5.41, 5.74) is 0. The van der Waals surface area contributed by atoms with E-state index in [0.29, 0.717) is 4.67 Å². The van der Waals surface area contributed by atoms with Crippen LogP contribution in [0.4, 0.5) is 0 Å². The number of hydrogen-bond donors (Lipinski definition) is 0. The second-order valence-electron chi connectivity index (χ2n) is 5.22. The summed E-state index contributed by atoms with van der Waals surface area (Å²) < 4.78 is 8.21. The molecule has 0 spiro atoms. The van der Waals surface area contributed by atoms with Crippen molar-refractivity contribution in [1.29, 1.82) is 0 Å². The number of rotatable bonds is 3. The van der Waals surface area contributed by atoms with E-state index in [1.54, 1.807) is 4.52 Å². The molecule has 106 valence electrons. The van der Waals surface area contributed by atoms with Crippen LogP contribution < -0.4 is 0 Å². The predicted molar refractivity (Wildman–Crippen MR) is 85.1 cm³/mol. The van der Waals surface area contributed by atoms with Crippen LogP contribution >= 0.6 is 39.0 Å². The van der Waals surface area contributed by atoms with E-state index in [9.17, 15) is 0 Å². The minimum absolute atomic E-state index is 0.191. The molecular weight excluding hydrogens is 360 g/mol. The van der Waals surface area contributed by atoms with Crippen LogP contribution in [-0.2, 0) is 5.75 Å². The van der Waals surface area contributed by atoms with Gasteiger partial charge in [-0.3, -0.25) is 0 Å². The number of aromatic nitrogens is 4. The molecule has 0 fully saturated rings. The van der Waals surface area contributed by atoms with Crippen molar-refractivity contribution in [1.82, 2.24) is 19.8 Å². The van der Waals surface area contributed by atoms with Gasteiger partial charge in [-0.1, -0.05) is 32.1 Å². The van der Waals surface area contributed by atoms with E-state index in [1.807, 2.05) is 23.9 Å². The molecule has 20 heavy (non-hydrogen) atoms. The molecular formula is C12H13BrN4OS2. The highest BCUT2D eigenvalue weighted by molar-refractivity contribution is 9.10. The molecule has 0 amide bonds. The molecule has 3 aromatic rings. The second-order valence-corrected chi connectivity index (χ2v) is 8.76. The van der Waals surface area contributed by atoms with Crippen LogP contribution in [0.1, 0.15) is 26.6 Å². The summed E-state index contributed by atoms with van der Waals surface area (Å²) in [4.78, 5) is 0.789. The summed E-state index contributed by atoms with van der Waals surface area (Å²) in [6.45, 7) is 6.55. The van der Waals surface area contributed by atoms with Crippen LogP contribution in [0.15, 0.2) is 21.2 Å². The molecule has 0 aliphatic rings. The molecule has 0 radical (unpaired) electrons. The smallest absolute Gasteiger partial charge is 0.235 e. The highest BCUT2D eigenvalue weighted by Crippen LogP contribution is 2.31. The van der Waals surface area contributed by atoms with Crippen molar-refractivity contribution >= 4 is 44.0 Å². The van der Waals surface area contributed by atoms with E-state index < -0.39 is 0 Å². The van der Waals surface area contributed by atoms with Gasteiger partial charge in [-0.15, -0.1) is 27.1 Å². The Morgan fingerprint density at radius 2 is 2.15 bits per heavy atom. The summed E-state index contributed by atoms with van der Waals surface area (Å²) in [7, 11) is 0. The molecule has 0 saturated heterocycles. The Hall–Kier alpha value is -0.860. The lowest BCUT2D eigenvalue weighted by Gasteiger charge is -2.15. The number of fused-ring (bicyclic) bond motifs is 1. The van der Waals surface area contributed by atoms with Gasteiger partial charge in [0.15, 0.2) is 21.3 Å². The molecule has 0 aliphatic heterocycles. The van der Waals surface area contributed by atoms with Gasteiger partial charge in [0, 0.05) is 4.75 Å². The summed E-state index contributed by atoms with van der Waals surface area (Å²) >= 11 is 6.60. The SMILES string of the molecule is CC(C)(C)SCc1nnc2sc(-c3ccc(Br)o3)nn12. The van der Waals surface area contributed by atoms with Crippen LogP contribution in [0.3, 0.4) is 0 Å². The highest BCUT2D eigenvalue weighted by Gasteiger charge is 2.17. The Kier molecular flexibility index (Phi) is 3.64. The van der Waals surface area contributed by atoms with E-state index >= 15 is 0 Å². The molecule has 0 aliphatic carbocycles. The molecule has 0 bridgehead atoms. The van der Waals surface area contributed by atoms with Crippen molar-refractivity contribution < 1.29 is 4.42 Å². The lowest BCUT2D eigenvalue weighted by atomic mass is 10.3. The maximum atomic E-state index is 5.52. The standard InChI is InChI=1S/C12H13BrN4OS2/c1-12(2,3)19-6-9-14-15-11-17(9)16-10(20-11)7-4-5-8(13)18-7/h4-5H,6H2,1-3H3. The third kappa shape index (κ3) is 2.91. The number of hydrogen-bond acceptors (Lipinski definition) is 6. The topological polar surface area (TPSA) is 56.2 Å². The molecule has 3 rings (SSSR count). The minimum atomic E-state index is 0.191. The van der Waals surface area contributed by atoms with Crippen LogP contribution in [0.2, 0.25) is 0 Å². The van der Waals surface area contributed by atoms with Crippen molar-refractivity contribution in [3.05, 3.63) is 22.6 Å². The Morgan fingerprint density at radius 3 is 2.80 bits per heavy atom. The molecule has 0 N–H and O–H groups in total. The van der Waals surface area contributed by atoms with Crippen LogP contribution in [0, 0.1) is 0 Å². The zero-order valence-electron chi connectivity index (χ0n) is 11.3. The highest BCUT2D eigenvalue weighted by atomic mass is 79.9. The van der Waals surface area contributed by atoms with Gasteiger partial charge in [-0.25, -0.2) is 0 Å². The maximum absolute atomic E-state index is 5.52. The molecule has 3 heterocycles. The van der Waals surface area contributed by atoms with E-state index in [2.05, 4.69) is 52.0 Å². The number of thioether (sulfide) groups is 1. The van der Waals surface area contributed by atoms with E-state index in [1.165, 1.54) is 11.3 Å². The Morgan fingerprint density at radius 1 is 1.35 bits per heavy atom. The molecule has 0 unspecified atom stereocenters. The lowest BCUT2D eigenvalue weighted by Crippen LogP contribution is -2.08. The Balaban J connectivity index is 1.90. The van der Waals surface area contributed by atoms with Crippen LogP contribution in [-0.4, -0.2) is 24.6 Å². The molecule has 0 atom stereocenters. The largest absolute Gasteiger partial charge is 0.447 e. The van der Waals surface area contributed by atoms with Gasteiger partial charge >= 0.3 is 0 Å². The fourth-order valence-corrected chi connectivity index (χ4v) is 3.43. The first-order chi connectivity index (χ1) is 9.42. The Labute approximate surface area is 132 Å². The zero-order valence-corrected chi connectivity index (χ0v) is 14.5. The number of nitrogens with zero attached hydrogens (tertiary/aromatic N) is 4. The summed E-state index contributed by atoms with van der Waals surface area (Å²) in [6.07, 6.45) is 0. The first-order valence-corrected chi connectivity index (χ1v) is 8.63. The molecule has 0 saturated carbocycles. The van der Waals surface area contributed by atoms with Gasteiger partial charge in [-0.2, -0.15) is 4.52 Å². The van der Waals surface area contributed by atoms with Crippen LogP contribution in [0.5, 0.6) is 0 Å². The fourth-order valence-electron chi connectivity index (χ4n) is 1.56. The van der Waals surface area contributed by atoms with Crippen molar-refractivity contribution in [3.63, 3.8) is 0 Å². The average Bonchev–Trinajstić information content (AvgIpc) is 2.99. The lowest BCUT2D eigenvalue weighted by molar-refractivity contribution is 0.554. The third-order valence-corrected chi connectivity index (χ3v) is 5.08. The number of halogens is 1. The monoisotopic (exact) mass is 372 g/mol. The van der Waals surface area contributed by atoms with Crippen LogP contribution in [0.25, 0.3) is 15.7 Å². The van der Waals surface area contributed by atoms with Gasteiger partial charge in [-0.05, 0) is 28.1 Å². The third-order valence-electron chi connectivity index (χ3n) is 2.47.